The summed E-state index contributed by atoms with van der Waals surface area (Å²) < 4.78 is 33.8. The van der Waals surface area contributed by atoms with Crippen LogP contribution in [0.1, 0.15) is 62.0 Å². The Morgan fingerprint density at radius 3 is 1.91 bits per heavy atom. The summed E-state index contributed by atoms with van der Waals surface area (Å²) in [6.07, 6.45) is 4.42. The van der Waals surface area contributed by atoms with Gasteiger partial charge in [0.15, 0.2) is 23.0 Å². The highest BCUT2D eigenvalue weighted by Gasteiger charge is 2.54. The molecule has 0 aromatic heterocycles. The van der Waals surface area contributed by atoms with Gasteiger partial charge in [-0.3, -0.25) is 9.80 Å². The second-order valence-corrected chi connectivity index (χ2v) is 11.4. The Morgan fingerprint density at radius 2 is 1.37 bits per heavy atom. The van der Waals surface area contributed by atoms with Crippen molar-refractivity contribution in [2.75, 3.05) is 49.2 Å². The molecule has 1 fully saturated rings. The minimum absolute atomic E-state index is 0.0442. The number of methoxy groups -OCH3 is 5. The standard InChI is InChI=1S/C34H41N3O7.C2H6/c1-19(20(2)39-4)9-10-33(38)44-18-28-23-15-31(42-7)29(40-5)13-21(23)12-26-34-24-16-32(43-8)30(41-6)14-22(24)11-25(36(34)3)27(17-35)37(26)28;1-2/h9-10,13-16,25-28,34H,11-12,18H2,1-8H3;1-2H3/b10-9+,20-19-;/t25-,26-,27-,28?,34+;/m0./s1. The number of carbonyl (C=O) groups is 1. The molecule has 0 spiro atoms. The number of benzene rings is 2. The zero-order valence-corrected chi connectivity index (χ0v) is 28.7. The van der Waals surface area contributed by atoms with E-state index >= 15 is 0 Å². The topological polar surface area (TPSA) is 103 Å². The highest BCUT2D eigenvalue weighted by molar-refractivity contribution is 5.82. The monoisotopic (exact) mass is 633 g/mol. The van der Waals surface area contributed by atoms with Crippen molar-refractivity contribution in [1.29, 1.82) is 5.26 Å². The van der Waals surface area contributed by atoms with Crippen molar-refractivity contribution in [1.82, 2.24) is 9.80 Å². The van der Waals surface area contributed by atoms with E-state index in [0.717, 1.165) is 33.6 Å². The van der Waals surface area contributed by atoms with Gasteiger partial charge in [0.2, 0.25) is 0 Å². The molecular weight excluding hydrogens is 586 g/mol. The second-order valence-electron chi connectivity index (χ2n) is 11.4. The molecule has 3 heterocycles. The number of hydrogen-bond acceptors (Lipinski definition) is 10. The number of likely N-dealkylation sites (N-methyl/N-ethyl adjacent to an activating group) is 1. The van der Waals surface area contributed by atoms with Crippen LogP contribution >= 0.6 is 0 Å². The van der Waals surface area contributed by atoms with Gasteiger partial charge in [-0.05, 0) is 91.9 Å². The molecule has 0 N–H and O–H groups in total. The summed E-state index contributed by atoms with van der Waals surface area (Å²) in [6.45, 7) is 7.77. The van der Waals surface area contributed by atoms with E-state index in [-0.39, 0.29) is 30.8 Å². The van der Waals surface area contributed by atoms with Gasteiger partial charge < -0.3 is 28.4 Å². The number of nitriles is 1. The number of esters is 1. The van der Waals surface area contributed by atoms with Gasteiger partial charge in [0.1, 0.15) is 12.6 Å². The maximum absolute atomic E-state index is 13.0. The van der Waals surface area contributed by atoms with Crippen molar-refractivity contribution in [2.24, 2.45) is 0 Å². The maximum Gasteiger partial charge on any atom is 0.330 e. The number of allylic oxidation sites excluding steroid dienone is 3. The molecule has 0 saturated carbocycles. The van der Waals surface area contributed by atoms with Gasteiger partial charge in [-0.2, -0.15) is 5.26 Å². The van der Waals surface area contributed by atoms with Crippen LogP contribution < -0.4 is 18.9 Å². The number of fused-ring (bicyclic) bond motifs is 7. The predicted octanol–water partition coefficient (Wildman–Crippen LogP) is 5.56. The van der Waals surface area contributed by atoms with Gasteiger partial charge in [0.25, 0.3) is 0 Å². The number of rotatable bonds is 9. The number of carbonyl (C=O) groups excluding carboxylic acids is 1. The molecule has 3 aliphatic heterocycles. The van der Waals surface area contributed by atoms with Crippen molar-refractivity contribution < 1.29 is 33.2 Å². The lowest BCUT2D eigenvalue weighted by molar-refractivity contribution is -0.143. The van der Waals surface area contributed by atoms with Crippen molar-refractivity contribution in [3.8, 4) is 29.1 Å². The highest BCUT2D eigenvalue weighted by Crippen LogP contribution is 2.52. The molecule has 5 rings (SSSR count). The van der Waals surface area contributed by atoms with Gasteiger partial charge in [0, 0.05) is 18.2 Å². The fourth-order valence-electron chi connectivity index (χ4n) is 7.03. The van der Waals surface area contributed by atoms with Crippen LogP contribution in [0.15, 0.2) is 47.7 Å². The lowest BCUT2D eigenvalue weighted by atomic mass is 9.72. The van der Waals surface area contributed by atoms with Gasteiger partial charge in [0.05, 0.1) is 59.5 Å². The lowest BCUT2D eigenvalue weighted by Gasteiger charge is -2.59. The second kappa shape index (κ2) is 14.9. The van der Waals surface area contributed by atoms with Crippen LogP contribution in [0.2, 0.25) is 0 Å². The third kappa shape index (κ3) is 6.26. The Kier molecular flexibility index (Phi) is 11.3. The summed E-state index contributed by atoms with van der Waals surface area (Å²) in [5.74, 6) is 2.80. The van der Waals surface area contributed by atoms with E-state index in [9.17, 15) is 10.1 Å². The smallest absolute Gasteiger partial charge is 0.330 e. The first-order valence-corrected chi connectivity index (χ1v) is 15.7. The Bertz CT molecular complexity index is 1530. The number of nitrogens with zero attached hydrogens (tertiary/aromatic N) is 3. The molecular formula is C36H47N3O7. The Morgan fingerprint density at radius 1 is 0.848 bits per heavy atom. The number of ether oxygens (including phenoxy) is 6. The largest absolute Gasteiger partial charge is 0.501 e. The molecule has 0 radical (unpaired) electrons. The van der Waals surface area contributed by atoms with E-state index in [2.05, 4.69) is 29.0 Å². The van der Waals surface area contributed by atoms with E-state index in [4.69, 9.17) is 28.4 Å². The van der Waals surface area contributed by atoms with E-state index in [0.29, 0.717) is 35.8 Å². The highest BCUT2D eigenvalue weighted by atomic mass is 16.5. The van der Waals surface area contributed by atoms with Crippen molar-refractivity contribution in [2.45, 2.75) is 70.7 Å². The Labute approximate surface area is 273 Å². The average molecular weight is 634 g/mol. The average Bonchev–Trinajstić information content (AvgIpc) is 3.08. The summed E-state index contributed by atoms with van der Waals surface area (Å²) in [6, 6.07) is 9.63. The molecule has 2 bridgehead atoms. The maximum atomic E-state index is 13.0. The van der Waals surface area contributed by atoms with Crippen LogP contribution in [-0.4, -0.2) is 83.1 Å². The molecule has 2 aromatic rings. The van der Waals surface area contributed by atoms with E-state index in [1.165, 1.54) is 6.08 Å². The minimum atomic E-state index is -0.470. The van der Waals surface area contributed by atoms with Crippen molar-refractivity contribution in [3.05, 3.63) is 70.0 Å². The van der Waals surface area contributed by atoms with Crippen LogP contribution in [-0.2, 0) is 27.1 Å². The summed E-state index contributed by atoms with van der Waals surface area (Å²) in [5.41, 5.74) is 5.14. The molecule has 248 valence electrons. The predicted molar refractivity (Wildman–Crippen MR) is 175 cm³/mol. The van der Waals surface area contributed by atoms with Gasteiger partial charge in [-0.15, -0.1) is 0 Å². The van der Waals surface area contributed by atoms with E-state index in [1.807, 2.05) is 45.9 Å². The van der Waals surface area contributed by atoms with Gasteiger partial charge >= 0.3 is 5.97 Å². The Balaban J connectivity index is 0.00000235. The first-order valence-electron chi connectivity index (χ1n) is 15.7. The van der Waals surface area contributed by atoms with E-state index in [1.54, 1.807) is 41.6 Å². The molecule has 1 unspecified atom stereocenters. The molecule has 10 nitrogen and oxygen atoms in total. The summed E-state index contributed by atoms with van der Waals surface area (Å²) in [7, 11) is 10.2. The summed E-state index contributed by atoms with van der Waals surface area (Å²) in [4.78, 5) is 17.5. The zero-order chi connectivity index (χ0) is 33.7. The molecule has 3 aliphatic rings. The van der Waals surface area contributed by atoms with Crippen molar-refractivity contribution >= 4 is 5.97 Å². The van der Waals surface area contributed by atoms with Crippen LogP contribution in [0, 0.1) is 11.3 Å². The lowest BCUT2D eigenvalue weighted by Crippen LogP contribution is -2.68. The van der Waals surface area contributed by atoms with E-state index < -0.39 is 12.0 Å². The molecule has 10 heteroatoms. The quantitative estimate of drug-likeness (QED) is 0.151. The fourth-order valence-corrected chi connectivity index (χ4v) is 7.03. The summed E-state index contributed by atoms with van der Waals surface area (Å²) >= 11 is 0. The first kappa shape index (κ1) is 34.7. The molecule has 2 aromatic carbocycles. The van der Waals surface area contributed by atoms with Crippen LogP contribution in [0.25, 0.3) is 0 Å². The molecule has 1 saturated heterocycles. The molecule has 0 amide bonds. The molecule has 0 aliphatic carbocycles. The zero-order valence-electron chi connectivity index (χ0n) is 28.7. The van der Waals surface area contributed by atoms with Crippen LogP contribution in [0.5, 0.6) is 23.0 Å². The first-order chi connectivity index (χ1) is 22.2. The van der Waals surface area contributed by atoms with Crippen molar-refractivity contribution in [3.63, 3.8) is 0 Å². The van der Waals surface area contributed by atoms with Gasteiger partial charge in [-0.25, -0.2) is 4.79 Å². The normalized spacial score (nSPS) is 23.7. The minimum Gasteiger partial charge on any atom is -0.501 e. The number of piperazine rings is 1. The molecule has 5 atom stereocenters. The SMILES string of the molecule is CC.CO/C(C)=C(C)\C=C\C(=O)OCC1c2cc(OC)c(OC)cc2C[C@H]2[C@H]3c4cc(OC)c(OC)cc4C[C@@H]([C@H](C#N)N12)N3C. The van der Waals surface area contributed by atoms with Crippen LogP contribution in [0.4, 0.5) is 0 Å². The van der Waals surface area contributed by atoms with Gasteiger partial charge in [-0.1, -0.05) is 13.8 Å². The third-order valence-corrected chi connectivity index (χ3v) is 9.43. The fraction of sp³-hybridized carbons (Fsp3) is 0.500. The number of hydrogen-bond donors (Lipinski definition) is 0. The van der Waals surface area contributed by atoms with Crippen LogP contribution in [0.3, 0.4) is 0 Å². The molecule has 46 heavy (non-hydrogen) atoms. The summed E-state index contributed by atoms with van der Waals surface area (Å²) in [5, 5.41) is 10.7. The Hall–Kier alpha value is -4.20. The third-order valence-electron chi connectivity index (χ3n) is 9.43.